The third-order valence-electron chi connectivity index (χ3n) is 3.57. The molecule has 0 spiro atoms. The van der Waals surface area contributed by atoms with Crippen LogP contribution in [0.2, 0.25) is 0 Å². The van der Waals surface area contributed by atoms with E-state index in [1.54, 1.807) is 4.68 Å². The Balaban J connectivity index is 0.00000242. The number of nitrogens with zero attached hydrogens (tertiary/aromatic N) is 2. The van der Waals surface area contributed by atoms with E-state index in [1.807, 2.05) is 51.4 Å². The van der Waals surface area contributed by atoms with E-state index in [-0.39, 0.29) is 24.4 Å². The Bertz CT molecular complexity index is 639. The van der Waals surface area contributed by atoms with Crippen LogP contribution in [0.15, 0.2) is 30.5 Å². The zero-order valence-electron chi connectivity index (χ0n) is 13.2. The van der Waals surface area contributed by atoms with Gasteiger partial charge >= 0.3 is 0 Å². The number of nitrogens with one attached hydrogen (secondary N) is 1. The molecule has 1 aromatic heterocycles. The largest absolute Gasteiger partial charge is 0.399 e. The van der Waals surface area contributed by atoms with Crippen molar-refractivity contribution in [1.29, 1.82) is 0 Å². The molecule has 0 aliphatic rings. The molecule has 0 aliphatic heterocycles. The number of amides is 1. The highest BCUT2D eigenvalue weighted by atomic mass is 35.5. The van der Waals surface area contributed by atoms with Crippen molar-refractivity contribution < 1.29 is 4.79 Å². The van der Waals surface area contributed by atoms with Gasteiger partial charge in [-0.15, -0.1) is 12.4 Å². The van der Waals surface area contributed by atoms with Crippen LogP contribution < -0.4 is 11.1 Å². The number of hydrogen-bond acceptors (Lipinski definition) is 3. The van der Waals surface area contributed by atoms with Crippen LogP contribution in [0.5, 0.6) is 0 Å². The first kappa shape index (κ1) is 18.0. The van der Waals surface area contributed by atoms with Gasteiger partial charge in [0.15, 0.2) is 0 Å². The van der Waals surface area contributed by atoms with Gasteiger partial charge in [0, 0.05) is 30.9 Å². The van der Waals surface area contributed by atoms with Crippen molar-refractivity contribution in [2.24, 2.45) is 7.05 Å². The zero-order chi connectivity index (χ0) is 15.4. The van der Waals surface area contributed by atoms with Gasteiger partial charge in [-0.05, 0) is 31.9 Å². The van der Waals surface area contributed by atoms with E-state index in [9.17, 15) is 4.79 Å². The number of rotatable bonds is 5. The number of nitrogen functional groups attached to an aromatic ring is 1. The van der Waals surface area contributed by atoms with Crippen LogP contribution in [0.4, 0.5) is 5.69 Å². The number of anilines is 1. The molecule has 0 aliphatic carbocycles. The summed E-state index contributed by atoms with van der Waals surface area (Å²) in [4.78, 5) is 12.1. The molecule has 1 atom stereocenters. The van der Waals surface area contributed by atoms with Crippen molar-refractivity contribution in [3.05, 3.63) is 47.3 Å². The fourth-order valence-corrected chi connectivity index (χ4v) is 2.44. The molecule has 3 N–H and O–H groups in total. The van der Waals surface area contributed by atoms with Crippen molar-refractivity contribution >= 4 is 24.0 Å². The Morgan fingerprint density at radius 2 is 2.09 bits per heavy atom. The van der Waals surface area contributed by atoms with Crippen LogP contribution in [0.1, 0.15) is 36.2 Å². The summed E-state index contributed by atoms with van der Waals surface area (Å²) in [6, 6.07) is 7.60. The Morgan fingerprint density at radius 1 is 1.41 bits per heavy atom. The van der Waals surface area contributed by atoms with E-state index in [1.165, 1.54) is 0 Å². The third-order valence-corrected chi connectivity index (χ3v) is 3.57. The van der Waals surface area contributed by atoms with Crippen LogP contribution in [-0.2, 0) is 18.3 Å². The lowest BCUT2D eigenvalue weighted by Crippen LogP contribution is -2.27. The maximum atomic E-state index is 12.1. The van der Waals surface area contributed by atoms with Crippen LogP contribution in [0, 0.1) is 6.92 Å². The second-order valence-electron chi connectivity index (χ2n) is 5.33. The summed E-state index contributed by atoms with van der Waals surface area (Å²) in [5, 5.41) is 7.30. The summed E-state index contributed by atoms with van der Waals surface area (Å²) in [5.74, 6) is 0.0222. The van der Waals surface area contributed by atoms with Gasteiger partial charge in [0.1, 0.15) is 0 Å². The summed E-state index contributed by atoms with van der Waals surface area (Å²) < 4.78 is 1.76. The van der Waals surface area contributed by atoms with Gasteiger partial charge in [-0.1, -0.05) is 18.2 Å². The summed E-state index contributed by atoms with van der Waals surface area (Å²) >= 11 is 0. The summed E-state index contributed by atoms with van der Waals surface area (Å²) in [6.45, 7) is 3.92. The Morgan fingerprint density at radius 3 is 2.68 bits per heavy atom. The average molecular weight is 323 g/mol. The summed E-state index contributed by atoms with van der Waals surface area (Å²) in [5.41, 5.74) is 9.62. The summed E-state index contributed by atoms with van der Waals surface area (Å²) in [6.07, 6.45) is 3.02. The fourth-order valence-electron chi connectivity index (χ4n) is 2.44. The van der Waals surface area contributed by atoms with Crippen LogP contribution in [0.3, 0.4) is 0 Å². The smallest absolute Gasteiger partial charge is 0.220 e. The van der Waals surface area contributed by atoms with Crippen LogP contribution in [0.25, 0.3) is 0 Å². The number of benzene rings is 1. The molecule has 1 unspecified atom stereocenters. The molecule has 1 heterocycles. The van der Waals surface area contributed by atoms with Gasteiger partial charge in [-0.25, -0.2) is 0 Å². The van der Waals surface area contributed by atoms with Crippen LogP contribution >= 0.6 is 12.4 Å². The van der Waals surface area contributed by atoms with Crippen molar-refractivity contribution in [3.8, 4) is 0 Å². The van der Waals surface area contributed by atoms with Gasteiger partial charge < -0.3 is 11.1 Å². The highest BCUT2D eigenvalue weighted by molar-refractivity contribution is 5.85. The number of aryl methyl sites for hydroxylation is 3. The molecule has 0 saturated carbocycles. The van der Waals surface area contributed by atoms with Crippen molar-refractivity contribution in [2.45, 2.75) is 32.7 Å². The molecule has 5 nitrogen and oxygen atoms in total. The minimum absolute atomic E-state index is 0. The Hall–Kier alpha value is -2.01. The second kappa shape index (κ2) is 7.84. The standard InChI is InChI=1S/C16H22N4O.ClH/c1-11(14-10-20(3)19-12(14)2)18-16(21)9-8-13-6-4-5-7-15(13)17;/h4-7,10-11H,8-9,17H2,1-3H3,(H,18,21);1H. The topological polar surface area (TPSA) is 72.9 Å². The van der Waals surface area contributed by atoms with Crippen molar-refractivity contribution in [1.82, 2.24) is 15.1 Å². The van der Waals surface area contributed by atoms with E-state index >= 15 is 0 Å². The predicted molar refractivity (Wildman–Crippen MR) is 90.9 cm³/mol. The van der Waals surface area contributed by atoms with E-state index in [0.29, 0.717) is 12.8 Å². The first-order chi connectivity index (χ1) is 9.97. The van der Waals surface area contributed by atoms with Crippen LogP contribution in [-0.4, -0.2) is 15.7 Å². The van der Waals surface area contributed by atoms with E-state index in [0.717, 1.165) is 22.5 Å². The van der Waals surface area contributed by atoms with Crippen molar-refractivity contribution in [2.75, 3.05) is 5.73 Å². The highest BCUT2D eigenvalue weighted by Gasteiger charge is 2.14. The van der Waals surface area contributed by atoms with Gasteiger partial charge in [-0.3, -0.25) is 9.48 Å². The number of hydrogen-bond donors (Lipinski definition) is 2. The highest BCUT2D eigenvalue weighted by Crippen LogP contribution is 2.16. The molecule has 22 heavy (non-hydrogen) atoms. The zero-order valence-corrected chi connectivity index (χ0v) is 14.0. The lowest BCUT2D eigenvalue weighted by Gasteiger charge is -2.13. The number of nitrogens with two attached hydrogens (primary N) is 1. The molecule has 1 aromatic carbocycles. The second-order valence-corrected chi connectivity index (χ2v) is 5.33. The summed E-state index contributed by atoms with van der Waals surface area (Å²) in [7, 11) is 1.88. The molecular weight excluding hydrogens is 300 g/mol. The first-order valence-corrected chi connectivity index (χ1v) is 7.10. The lowest BCUT2D eigenvalue weighted by atomic mass is 10.1. The molecule has 2 aromatic rings. The normalized spacial score (nSPS) is 11.6. The molecule has 6 heteroatoms. The number of para-hydroxylation sites is 1. The fraction of sp³-hybridized carbons (Fsp3) is 0.375. The van der Waals surface area contributed by atoms with Crippen molar-refractivity contribution in [3.63, 3.8) is 0 Å². The predicted octanol–water partition coefficient (Wildman–Crippen LogP) is 2.54. The van der Waals surface area contributed by atoms with Gasteiger partial charge in [0.25, 0.3) is 0 Å². The number of aromatic nitrogens is 2. The maximum Gasteiger partial charge on any atom is 0.220 e. The minimum Gasteiger partial charge on any atom is -0.399 e. The number of carbonyl (C=O) groups is 1. The van der Waals surface area contributed by atoms with E-state index < -0.39 is 0 Å². The molecular formula is C16H23ClN4O. The SMILES string of the molecule is Cc1nn(C)cc1C(C)NC(=O)CCc1ccccc1N.Cl. The monoisotopic (exact) mass is 322 g/mol. The number of carbonyl (C=O) groups excluding carboxylic acids is 1. The third kappa shape index (κ3) is 4.49. The average Bonchev–Trinajstić information content (AvgIpc) is 2.77. The quantitative estimate of drug-likeness (QED) is 0.831. The molecule has 0 fully saturated rings. The molecule has 120 valence electrons. The van der Waals surface area contributed by atoms with E-state index in [2.05, 4.69) is 10.4 Å². The minimum atomic E-state index is -0.0423. The Kier molecular flexibility index (Phi) is 6.43. The first-order valence-electron chi connectivity index (χ1n) is 7.10. The molecule has 0 radical (unpaired) electrons. The number of halogens is 1. The van der Waals surface area contributed by atoms with E-state index in [4.69, 9.17) is 5.73 Å². The maximum absolute atomic E-state index is 12.1. The van der Waals surface area contributed by atoms with Gasteiger partial charge in [0.2, 0.25) is 5.91 Å². The van der Waals surface area contributed by atoms with Gasteiger partial charge in [-0.2, -0.15) is 5.10 Å². The molecule has 2 rings (SSSR count). The lowest BCUT2D eigenvalue weighted by molar-refractivity contribution is -0.121. The Labute approximate surface area is 137 Å². The molecule has 1 amide bonds. The molecule has 0 saturated heterocycles. The van der Waals surface area contributed by atoms with Gasteiger partial charge in [0.05, 0.1) is 11.7 Å². The molecule has 0 bridgehead atoms.